The predicted molar refractivity (Wildman–Crippen MR) is 98.3 cm³/mol. The van der Waals surface area contributed by atoms with E-state index in [9.17, 15) is 9.59 Å². The average molecular weight is 357 g/mol. The number of benzene rings is 1. The highest BCUT2D eigenvalue weighted by atomic mass is 32.1. The zero-order chi connectivity index (χ0) is 17.5. The van der Waals surface area contributed by atoms with Crippen molar-refractivity contribution < 1.29 is 9.59 Å². The second-order valence-electron chi connectivity index (χ2n) is 6.28. The number of thiazole rings is 1. The van der Waals surface area contributed by atoms with Crippen molar-refractivity contribution >= 4 is 23.2 Å². The van der Waals surface area contributed by atoms with Gasteiger partial charge in [-0.2, -0.15) is 0 Å². The van der Waals surface area contributed by atoms with Gasteiger partial charge in [-0.15, -0.1) is 11.3 Å². The third kappa shape index (κ3) is 5.13. The van der Waals surface area contributed by atoms with Crippen molar-refractivity contribution in [3.63, 3.8) is 0 Å². The lowest BCUT2D eigenvalue weighted by Crippen LogP contribution is -2.46. The molecule has 1 aromatic heterocycles. The number of aromatic nitrogens is 1. The van der Waals surface area contributed by atoms with Gasteiger partial charge in [0.1, 0.15) is 0 Å². The van der Waals surface area contributed by atoms with E-state index in [0.29, 0.717) is 32.5 Å². The third-order valence-corrected chi connectivity index (χ3v) is 5.35. The molecule has 1 aliphatic heterocycles. The summed E-state index contributed by atoms with van der Waals surface area (Å²) in [6.07, 6.45) is 4.46. The van der Waals surface area contributed by atoms with Crippen LogP contribution in [0.1, 0.15) is 23.4 Å². The van der Waals surface area contributed by atoms with Crippen LogP contribution in [0.3, 0.4) is 0 Å². The van der Waals surface area contributed by atoms with Gasteiger partial charge in [-0.05, 0) is 18.4 Å². The SMILES string of the molecule is O=C(NCCc1nccs1)[C@@H]1CCC(=O)N(CCc2ccccc2)C1. The second kappa shape index (κ2) is 8.76. The lowest BCUT2D eigenvalue weighted by atomic mass is 9.96. The van der Waals surface area contributed by atoms with Gasteiger partial charge in [-0.25, -0.2) is 4.98 Å². The Bertz CT molecular complexity index is 688. The Morgan fingerprint density at radius 2 is 2.12 bits per heavy atom. The zero-order valence-corrected chi connectivity index (χ0v) is 15.0. The van der Waals surface area contributed by atoms with Crippen molar-refractivity contribution in [3.05, 3.63) is 52.5 Å². The first kappa shape index (κ1) is 17.6. The quantitative estimate of drug-likeness (QED) is 0.827. The first-order chi connectivity index (χ1) is 12.2. The van der Waals surface area contributed by atoms with Crippen LogP contribution in [0, 0.1) is 5.92 Å². The van der Waals surface area contributed by atoms with Crippen LogP contribution in [0.5, 0.6) is 0 Å². The molecule has 1 atom stereocenters. The van der Waals surface area contributed by atoms with Crippen LogP contribution >= 0.6 is 11.3 Å². The Morgan fingerprint density at radius 3 is 2.88 bits per heavy atom. The summed E-state index contributed by atoms with van der Waals surface area (Å²) in [5, 5.41) is 5.96. The molecule has 6 heteroatoms. The van der Waals surface area contributed by atoms with Gasteiger partial charge in [0, 0.05) is 44.1 Å². The number of carbonyl (C=O) groups excluding carboxylic acids is 2. The molecule has 0 saturated carbocycles. The molecule has 1 aliphatic rings. The van der Waals surface area contributed by atoms with Crippen LogP contribution < -0.4 is 5.32 Å². The van der Waals surface area contributed by atoms with Crippen LogP contribution in [-0.4, -0.2) is 41.3 Å². The van der Waals surface area contributed by atoms with Crippen LogP contribution in [0.4, 0.5) is 0 Å². The summed E-state index contributed by atoms with van der Waals surface area (Å²) in [4.78, 5) is 30.6. The largest absolute Gasteiger partial charge is 0.355 e. The van der Waals surface area contributed by atoms with E-state index < -0.39 is 0 Å². The average Bonchev–Trinajstić information content (AvgIpc) is 3.15. The second-order valence-corrected chi connectivity index (χ2v) is 7.26. The predicted octanol–water partition coefficient (Wildman–Crippen LogP) is 2.28. The molecule has 3 rings (SSSR count). The first-order valence-electron chi connectivity index (χ1n) is 8.70. The molecular weight excluding hydrogens is 334 g/mol. The molecular formula is C19H23N3O2S. The Hall–Kier alpha value is -2.21. The number of hydrogen-bond donors (Lipinski definition) is 1. The minimum atomic E-state index is -0.107. The molecule has 0 unspecified atom stereocenters. The maximum atomic E-state index is 12.4. The first-order valence-corrected chi connectivity index (χ1v) is 9.58. The van der Waals surface area contributed by atoms with Gasteiger partial charge in [-0.1, -0.05) is 30.3 Å². The van der Waals surface area contributed by atoms with Crippen molar-refractivity contribution in [2.24, 2.45) is 5.92 Å². The van der Waals surface area contributed by atoms with Gasteiger partial charge < -0.3 is 10.2 Å². The van der Waals surface area contributed by atoms with Crippen molar-refractivity contribution in [2.45, 2.75) is 25.7 Å². The fourth-order valence-electron chi connectivity index (χ4n) is 3.07. The summed E-state index contributed by atoms with van der Waals surface area (Å²) in [5.74, 6) is 0.0984. The molecule has 2 amide bonds. The third-order valence-electron chi connectivity index (χ3n) is 4.51. The molecule has 25 heavy (non-hydrogen) atoms. The topological polar surface area (TPSA) is 62.3 Å². The van der Waals surface area contributed by atoms with Crippen molar-refractivity contribution in [3.8, 4) is 0 Å². The van der Waals surface area contributed by atoms with E-state index >= 15 is 0 Å². The maximum absolute atomic E-state index is 12.4. The molecule has 1 aromatic carbocycles. The molecule has 2 heterocycles. The van der Waals surface area contributed by atoms with E-state index in [1.807, 2.05) is 28.5 Å². The van der Waals surface area contributed by atoms with E-state index in [1.165, 1.54) is 5.56 Å². The molecule has 2 aromatic rings. The number of carbonyl (C=O) groups is 2. The number of amides is 2. The molecule has 1 fully saturated rings. The normalized spacial score (nSPS) is 17.5. The van der Waals surface area contributed by atoms with Crippen molar-refractivity contribution in [1.82, 2.24) is 15.2 Å². The maximum Gasteiger partial charge on any atom is 0.224 e. The Morgan fingerprint density at radius 1 is 1.28 bits per heavy atom. The number of rotatable bonds is 7. The monoisotopic (exact) mass is 357 g/mol. The van der Waals surface area contributed by atoms with Crippen LogP contribution in [0.2, 0.25) is 0 Å². The van der Waals surface area contributed by atoms with Gasteiger partial charge in [0.05, 0.1) is 10.9 Å². The fourth-order valence-corrected chi connectivity index (χ4v) is 3.69. The minimum Gasteiger partial charge on any atom is -0.355 e. The lowest BCUT2D eigenvalue weighted by Gasteiger charge is -2.32. The smallest absolute Gasteiger partial charge is 0.224 e. The molecule has 132 valence electrons. The summed E-state index contributed by atoms with van der Waals surface area (Å²) in [6, 6.07) is 10.1. The number of piperidine rings is 1. The summed E-state index contributed by atoms with van der Waals surface area (Å²) in [7, 11) is 0. The molecule has 1 N–H and O–H groups in total. The molecule has 0 spiro atoms. The Balaban J connectivity index is 1.45. The van der Waals surface area contributed by atoms with E-state index in [2.05, 4.69) is 22.4 Å². The van der Waals surface area contributed by atoms with E-state index in [0.717, 1.165) is 17.8 Å². The highest BCUT2D eigenvalue weighted by Gasteiger charge is 2.29. The van der Waals surface area contributed by atoms with E-state index in [4.69, 9.17) is 0 Å². The number of hydrogen-bond acceptors (Lipinski definition) is 4. The van der Waals surface area contributed by atoms with Gasteiger partial charge in [-0.3, -0.25) is 9.59 Å². The molecule has 0 aliphatic carbocycles. The van der Waals surface area contributed by atoms with Crippen LogP contribution in [-0.2, 0) is 22.4 Å². The number of nitrogens with zero attached hydrogens (tertiary/aromatic N) is 2. The molecule has 0 bridgehead atoms. The zero-order valence-electron chi connectivity index (χ0n) is 14.2. The van der Waals surface area contributed by atoms with Gasteiger partial charge >= 0.3 is 0 Å². The number of nitrogens with one attached hydrogen (secondary N) is 1. The van der Waals surface area contributed by atoms with Gasteiger partial charge in [0.25, 0.3) is 0 Å². The summed E-state index contributed by atoms with van der Waals surface area (Å²) >= 11 is 1.60. The van der Waals surface area contributed by atoms with Crippen molar-refractivity contribution in [1.29, 1.82) is 0 Å². The van der Waals surface area contributed by atoms with Crippen LogP contribution in [0.15, 0.2) is 41.9 Å². The Kier molecular flexibility index (Phi) is 6.17. The highest BCUT2D eigenvalue weighted by Crippen LogP contribution is 2.18. The minimum absolute atomic E-state index is 0.0498. The Labute approximate surface area is 152 Å². The van der Waals surface area contributed by atoms with E-state index in [1.54, 1.807) is 17.5 Å². The van der Waals surface area contributed by atoms with Crippen molar-refractivity contribution in [2.75, 3.05) is 19.6 Å². The summed E-state index contributed by atoms with van der Waals surface area (Å²) in [5.41, 5.74) is 1.21. The molecule has 0 radical (unpaired) electrons. The standard InChI is InChI=1S/C19H23N3O2S/c23-18-7-6-16(19(24)21-10-8-17-20-11-13-25-17)14-22(18)12-9-15-4-2-1-3-5-15/h1-5,11,13,16H,6-10,12,14H2,(H,21,24)/t16-/m1/s1. The van der Waals surface area contributed by atoms with Crippen LogP contribution in [0.25, 0.3) is 0 Å². The highest BCUT2D eigenvalue weighted by molar-refractivity contribution is 7.09. The molecule has 5 nitrogen and oxygen atoms in total. The van der Waals surface area contributed by atoms with E-state index in [-0.39, 0.29) is 17.7 Å². The number of likely N-dealkylation sites (tertiary alicyclic amines) is 1. The van der Waals surface area contributed by atoms with Gasteiger partial charge in [0.2, 0.25) is 11.8 Å². The molecule has 1 saturated heterocycles. The van der Waals surface area contributed by atoms with Gasteiger partial charge in [0.15, 0.2) is 0 Å². The summed E-state index contributed by atoms with van der Waals surface area (Å²) in [6.45, 7) is 1.79. The lowest BCUT2D eigenvalue weighted by molar-refractivity contribution is -0.138. The fraction of sp³-hybridized carbons (Fsp3) is 0.421. The summed E-state index contributed by atoms with van der Waals surface area (Å²) < 4.78 is 0.